The van der Waals surface area contributed by atoms with Crippen LogP contribution in [0.4, 0.5) is 5.13 Å². The van der Waals surface area contributed by atoms with E-state index in [4.69, 9.17) is 0 Å². The SMILES string of the molecule is Cc1cc(C(=O)N2CCN(c3nccs3)CC2)cc(S(=O)(=O)N2CCC(C)CC2)c1C. The molecule has 2 saturated heterocycles. The van der Waals surface area contributed by atoms with Crippen LogP contribution in [0.5, 0.6) is 0 Å². The molecule has 9 heteroatoms. The first-order valence-corrected chi connectivity index (χ1v) is 13.1. The van der Waals surface area contributed by atoms with Crippen LogP contribution in [0.2, 0.25) is 0 Å². The second-order valence-electron chi connectivity index (χ2n) is 8.60. The Kier molecular flexibility index (Phi) is 6.37. The number of carbonyl (C=O) groups excluding carboxylic acids is 1. The molecular weight excluding hydrogens is 432 g/mol. The molecule has 1 aromatic carbocycles. The van der Waals surface area contributed by atoms with Crippen molar-refractivity contribution in [2.75, 3.05) is 44.2 Å². The molecule has 0 spiro atoms. The van der Waals surface area contributed by atoms with Gasteiger partial charge in [-0.05, 0) is 55.9 Å². The fraction of sp³-hybridized carbons (Fsp3) is 0.545. The lowest BCUT2D eigenvalue weighted by molar-refractivity contribution is 0.0746. The number of piperazine rings is 1. The summed E-state index contributed by atoms with van der Waals surface area (Å²) in [6.07, 6.45) is 3.54. The van der Waals surface area contributed by atoms with Crippen molar-refractivity contribution in [1.82, 2.24) is 14.2 Å². The van der Waals surface area contributed by atoms with Crippen molar-refractivity contribution in [3.05, 3.63) is 40.4 Å². The molecule has 0 aliphatic carbocycles. The third-order valence-electron chi connectivity index (χ3n) is 6.48. The number of anilines is 1. The number of nitrogens with zero attached hydrogens (tertiary/aromatic N) is 4. The van der Waals surface area contributed by atoms with Gasteiger partial charge in [0.1, 0.15) is 0 Å². The number of benzene rings is 1. The van der Waals surface area contributed by atoms with Crippen molar-refractivity contribution in [3.63, 3.8) is 0 Å². The zero-order valence-electron chi connectivity index (χ0n) is 18.4. The van der Waals surface area contributed by atoms with Crippen LogP contribution < -0.4 is 4.90 Å². The summed E-state index contributed by atoms with van der Waals surface area (Å²) in [4.78, 5) is 21.9. The summed E-state index contributed by atoms with van der Waals surface area (Å²) in [5.41, 5.74) is 2.01. The highest BCUT2D eigenvalue weighted by atomic mass is 32.2. The Morgan fingerprint density at radius 1 is 1.06 bits per heavy atom. The minimum atomic E-state index is -3.62. The molecule has 2 aromatic rings. The van der Waals surface area contributed by atoms with E-state index < -0.39 is 10.0 Å². The van der Waals surface area contributed by atoms with Gasteiger partial charge in [-0.25, -0.2) is 13.4 Å². The van der Waals surface area contributed by atoms with Gasteiger partial charge >= 0.3 is 0 Å². The average Bonchev–Trinajstić information content (AvgIpc) is 3.30. The molecule has 0 atom stereocenters. The van der Waals surface area contributed by atoms with Gasteiger partial charge in [-0.2, -0.15) is 4.31 Å². The normalized spacial score (nSPS) is 19.1. The maximum Gasteiger partial charge on any atom is 0.254 e. The molecule has 2 fully saturated rings. The summed E-state index contributed by atoms with van der Waals surface area (Å²) in [7, 11) is -3.62. The van der Waals surface area contributed by atoms with Gasteiger partial charge in [-0.3, -0.25) is 4.79 Å². The number of aromatic nitrogens is 1. The Bertz CT molecular complexity index is 1040. The minimum absolute atomic E-state index is 0.106. The Hall–Kier alpha value is -1.97. The first-order valence-electron chi connectivity index (χ1n) is 10.8. The van der Waals surface area contributed by atoms with Gasteiger partial charge in [0.15, 0.2) is 5.13 Å². The number of carbonyl (C=O) groups is 1. The Morgan fingerprint density at radius 2 is 1.74 bits per heavy atom. The summed E-state index contributed by atoms with van der Waals surface area (Å²) >= 11 is 1.60. The highest BCUT2D eigenvalue weighted by Gasteiger charge is 2.31. The van der Waals surface area contributed by atoms with Gasteiger partial charge in [0, 0.05) is 56.4 Å². The maximum absolute atomic E-state index is 13.4. The molecule has 0 N–H and O–H groups in total. The summed E-state index contributed by atoms with van der Waals surface area (Å²) in [6, 6.07) is 3.41. The van der Waals surface area contributed by atoms with E-state index in [0.29, 0.717) is 37.7 Å². The van der Waals surface area contributed by atoms with E-state index in [9.17, 15) is 13.2 Å². The molecule has 4 rings (SSSR count). The molecule has 2 aliphatic rings. The number of thiazole rings is 1. The second kappa shape index (κ2) is 8.88. The van der Waals surface area contributed by atoms with Crippen molar-refractivity contribution >= 4 is 32.4 Å². The number of piperidine rings is 1. The highest BCUT2D eigenvalue weighted by Crippen LogP contribution is 2.29. The molecular formula is C22H30N4O3S2. The van der Waals surface area contributed by atoms with E-state index in [1.165, 1.54) is 0 Å². The van der Waals surface area contributed by atoms with Gasteiger partial charge in [0.2, 0.25) is 10.0 Å². The van der Waals surface area contributed by atoms with Crippen LogP contribution in [-0.2, 0) is 10.0 Å². The van der Waals surface area contributed by atoms with E-state index in [-0.39, 0.29) is 10.8 Å². The van der Waals surface area contributed by atoms with E-state index in [1.807, 2.05) is 30.2 Å². The summed E-state index contributed by atoms with van der Waals surface area (Å²) < 4.78 is 28.3. The molecule has 168 valence electrons. The van der Waals surface area contributed by atoms with Crippen LogP contribution in [0.3, 0.4) is 0 Å². The standard InChI is InChI=1S/C22H30N4O3S2/c1-16-4-7-26(8-5-16)31(28,29)20-15-19(14-17(2)18(20)3)21(27)24-9-11-25(12-10-24)22-23-6-13-30-22/h6,13-16H,4-5,7-12H2,1-3H3. The molecule has 1 aromatic heterocycles. The molecule has 3 heterocycles. The number of sulfonamides is 1. The summed E-state index contributed by atoms with van der Waals surface area (Å²) in [5, 5.41) is 2.93. The quantitative estimate of drug-likeness (QED) is 0.698. The Morgan fingerprint density at radius 3 is 2.35 bits per heavy atom. The second-order valence-corrected chi connectivity index (χ2v) is 11.4. The molecule has 0 saturated carbocycles. The maximum atomic E-state index is 13.4. The molecule has 1 amide bonds. The topological polar surface area (TPSA) is 73.8 Å². The predicted molar refractivity (Wildman–Crippen MR) is 123 cm³/mol. The summed E-state index contributed by atoms with van der Waals surface area (Å²) in [6.45, 7) is 9.58. The number of amides is 1. The van der Waals surface area contributed by atoms with Crippen molar-refractivity contribution in [2.24, 2.45) is 5.92 Å². The van der Waals surface area contributed by atoms with E-state index in [1.54, 1.807) is 27.9 Å². The third kappa shape index (κ3) is 4.49. The zero-order chi connectivity index (χ0) is 22.2. The minimum Gasteiger partial charge on any atom is -0.345 e. The average molecular weight is 463 g/mol. The first-order chi connectivity index (χ1) is 14.8. The van der Waals surface area contributed by atoms with Crippen LogP contribution in [0, 0.1) is 19.8 Å². The molecule has 0 bridgehead atoms. The molecule has 2 aliphatic heterocycles. The highest BCUT2D eigenvalue weighted by molar-refractivity contribution is 7.89. The van der Waals surface area contributed by atoms with Gasteiger partial charge < -0.3 is 9.80 Å². The molecule has 0 radical (unpaired) electrons. The predicted octanol–water partition coefficient (Wildman–Crippen LogP) is 3.14. The lowest BCUT2D eigenvalue weighted by Gasteiger charge is -2.35. The smallest absolute Gasteiger partial charge is 0.254 e. The van der Waals surface area contributed by atoms with Crippen molar-refractivity contribution < 1.29 is 13.2 Å². The first kappa shape index (κ1) is 22.2. The van der Waals surface area contributed by atoms with E-state index in [0.717, 1.165) is 42.2 Å². The fourth-order valence-corrected chi connectivity index (χ4v) is 6.73. The van der Waals surface area contributed by atoms with Crippen molar-refractivity contribution in [2.45, 2.75) is 38.5 Å². The lowest BCUT2D eigenvalue weighted by Crippen LogP contribution is -2.48. The largest absolute Gasteiger partial charge is 0.345 e. The van der Waals surface area contributed by atoms with Gasteiger partial charge in [-0.15, -0.1) is 11.3 Å². The number of rotatable bonds is 4. The van der Waals surface area contributed by atoms with Crippen molar-refractivity contribution in [3.8, 4) is 0 Å². The zero-order valence-corrected chi connectivity index (χ0v) is 20.0. The van der Waals surface area contributed by atoms with E-state index >= 15 is 0 Å². The number of hydrogen-bond donors (Lipinski definition) is 0. The Balaban J connectivity index is 1.54. The van der Waals surface area contributed by atoms with Crippen molar-refractivity contribution in [1.29, 1.82) is 0 Å². The fourth-order valence-electron chi connectivity index (χ4n) is 4.24. The molecule has 31 heavy (non-hydrogen) atoms. The Labute approximate surface area is 188 Å². The van der Waals surface area contributed by atoms with Crippen LogP contribution in [0.1, 0.15) is 41.3 Å². The lowest BCUT2D eigenvalue weighted by atomic mass is 10.0. The summed E-state index contributed by atoms with van der Waals surface area (Å²) in [5.74, 6) is 0.441. The number of hydrogen-bond acceptors (Lipinski definition) is 6. The monoisotopic (exact) mass is 462 g/mol. The van der Waals surface area contributed by atoms with Crippen LogP contribution in [0.15, 0.2) is 28.6 Å². The van der Waals surface area contributed by atoms with Gasteiger partial charge in [-0.1, -0.05) is 6.92 Å². The molecule has 0 unspecified atom stereocenters. The molecule has 7 nitrogen and oxygen atoms in total. The third-order valence-corrected chi connectivity index (χ3v) is 9.34. The van der Waals surface area contributed by atoms with Gasteiger partial charge in [0.25, 0.3) is 5.91 Å². The van der Waals surface area contributed by atoms with Gasteiger partial charge in [0.05, 0.1) is 4.90 Å². The van der Waals surface area contributed by atoms with E-state index in [2.05, 4.69) is 16.8 Å². The number of aryl methyl sites for hydroxylation is 1. The van der Waals surface area contributed by atoms with Crippen LogP contribution in [-0.4, -0.2) is 67.8 Å². The van der Waals surface area contributed by atoms with Crippen LogP contribution in [0.25, 0.3) is 0 Å². The van der Waals surface area contributed by atoms with Crippen LogP contribution >= 0.6 is 11.3 Å².